The van der Waals surface area contributed by atoms with Crippen LogP contribution in [0.25, 0.3) is 10.9 Å². The van der Waals surface area contributed by atoms with Gasteiger partial charge in [0, 0.05) is 35.2 Å². The predicted molar refractivity (Wildman–Crippen MR) is 95.8 cm³/mol. The number of nitrogens with one attached hydrogen (secondary N) is 3. The number of hydrogen-bond donors (Lipinski definition) is 3. The van der Waals surface area contributed by atoms with Gasteiger partial charge in [-0.25, -0.2) is 0 Å². The van der Waals surface area contributed by atoms with Crippen LogP contribution in [0.3, 0.4) is 0 Å². The number of aryl methyl sites for hydroxylation is 1. The number of H-pyrrole nitrogens is 1. The molecule has 1 saturated heterocycles. The third kappa shape index (κ3) is 3.00. The molecule has 1 amide bonds. The molecule has 1 aliphatic rings. The summed E-state index contributed by atoms with van der Waals surface area (Å²) >= 11 is 0. The van der Waals surface area contributed by atoms with Crippen molar-refractivity contribution in [3.63, 3.8) is 0 Å². The van der Waals surface area contributed by atoms with Crippen LogP contribution in [0.15, 0.2) is 24.4 Å². The van der Waals surface area contributed by atoms with E-state index in [9.17, 15) is 4.79 Å². The number of carbonyl (C=O) groups is 1. The van der Waals surface area contributed by atoms with E-state index in [0.29, 0.717) is 6.42 Å². The Morgan fingerprint density at radius 2 is 2.21 bits per heavy atom. The normalized spacial score (nSPS) is 20.7. The molecule has 1 unspecified atom stereocenters. The molecule has 1 atom stereocenters. The van der Waals surface area contributed by atoms with Crippen LogP contribution < -0.4 is 5.32 Å². The van der Waals surface area contributed by atoms with Crippen molar-refractivity contribution in [1.82, 2.24) is 15.2 Å². The molecular formula is C19H22N4O. The number of nitrogens with zero attached hydrogens (tertiary/aromatic N) is 1. The van der Waals surface area contributed by atoms with Crippen LogP contribution in [-0.4, -0.2) is 34.3 Å². The smallest absolute Gasteiger partial charge is 0.231 e. The molecule has 124 valence electrons. The molecule has 0 aliphatic carbocycles. The fraction of sp³-hybridized carbons (Fsp3) is 0.368. The largest absolute Gasteiger partial charge is 0.361 e. The summed E-state index contributed by atoms with van der Waals surface area (Å²) < 4.78 is 0. The number of amides is 1. The van der Waals surface area contributed by atoms with Crippen LogP contribution in [0, 0.1) is 17.3 Å². The summed E-state index contributed by atoms with van der Waals surface area (Å²) in [5, 5.41) is 12.3. The Morgan fingerprint density at radius 1 is 1.42 bits per heavy atom. The first-order chi connectivity index (χ1) is 11.4. The van der Waals surface area contributed by atoms with Gasteiger partial charge in [-0.3, -0.25) is 15.1 Å². The number of guanidine groups is 1. The Balaban J connectivity index is 1.80. The first-order valence-electron chi connectivity index (χ1n) is 8.08. The zero-order valence-corrected chi connectivity index (χ0v) is 14.3. The lowest BCUT2D eigenvalue weighted by molar-refractivity contribution is -0.129. The van der Waals surface area contributed by atoms with Gasteiger partial charge in [0.2, 0.25) is 5.91 Å². The summed E-state index contributed by atoms with van der Waals surface area (Å²) in [6.07, 6.45) is 4.04. The zero-order chi connectivity index (χ0) is 17.3. The van der Waals surface area contributed by atoms with Crippen LogP contribution >= 0.6 is 0 Å². The predicted octanol–water partition coefficient (Wildman–Crippen LogP) is 2.62. The van der Waals surface area contributed by atoms with Crippen LogP contribution in [-0.2, 0) is 11.2 Å². The van der Waals surface area contributed by atoms with E-state index in [0.717, 1.165) is 23.9 Å². The minimum atomic E-state index is -0.384. The molecule has 3 rings (SSSR count). The van der Waals surface area contributed by atoms with E-state index in [1.807, 2.05) is 32.2 Å². The summed E-state index contributed by atoms with van der Waals surface area (Å²) in [5.74, 6) is 6.18. The Morgan fingerprint density at radius 3 is 2.92 bits per heavy atom. The van der Waals surface area contributed by atoms with Crippen molar-refractivity contribution >= 4 is 22.8 Å². The van der Waals surface area contributed by atoms with Crippen molar-refractivity contribution < 1.29 is 4.79 Å². The van der Waals surface area contributed by atoms with Gasteiger partial charge in [0.15, 0.2) is 5.96 Å². The molecule has 2 heterocycles. The monoisotopic (exact) mass is 322 g/mol. The molecule has 0 spiro atoms. The van der Waals surface area contributed by atoms with Gasteiger partial charge in [-0.2, -0.15) is 0 Å². The van der Waals surface area contributed by atoms with E-state index in [2.05, 4.69) is 28.2 Å². The number of carbonyl (C=O) groups excluding carboxylic acids is 1. The number of fused-ring (bicyclic) bond motifs is 1. The first kappa shape index (κ1) is 16.1. The molecule has 1 aliphatic heterocycles. The molecule has 0 saturated carbocycles. The maximum Gasteiger partial charge on any atom is 0.231 e. The van der Waals surface area contributed by atoms with Crippen molar-refractivity contribution in [3.8, 4) is 11.8 Å². The van der Waals surface area contributed by atoms with Crippen LogP contribution in [0.5, 0.6) is 0 Å². The van der Waals surface area contributed by atoms with Gasteiger partial charge in [0.05, 0.1) is 6.42 Å². The summed E-state index contributed by atoms with van der Waals surface area (Å²) in [5.41, 5.74) is 2.93. The van der Waals surface area contributed by atoms with Crippen LogP contribution in [0.2, 0.25) is 0 Å². The molecule has 3 N–H and O–H groups in total. The van der Waals surface area contributed by atoms with Crippen LogP contribution in [0.4, 0.5) is 0 Å². The molecular weight excluding hydrogens is 300 g/mol. The fourth-order valence-corrected chi connectivity index (χ4v) is 3.16. The summed E-state index contributed by atoms with van der Waals surface area (Å²) in [7, 11) is 1.63. The van der Waals surface area contributed by atoms with Crippen molar-refractivity contribution in [1.29, 1.82) is 5.41 Å². The average Bonchev–Trinajstić information content (AvgIpc) is 2.93. The molecule has 2 aromatic rings. The van der Waals surface area contributed by atoms with Crippen molar-refractivity contribution in [2.45, 2.75) is 38.6 Å². The Kier molecular flexibility index (Phi) is 4.06. The Bertz CT molecular complexity index is 850. The van der Waals surface area contributed by atoms with Gasteiger partial charge in [0.25, 0.3) is 0 Å². The Labute approximate surface area is 141 Å². The minimum Gasteiger partial charge on any atom is -0.361 e. The van der Waals surface area contributed by atoms with E-state index in [1.54, 1.807) is 7.05 Å². The number of benzene rings is 1. The number of hydrogen-bond acceptors (Lipinski definition) is 2. The third-order valence-corrected chi connectivity index (χ3v) is 4.65. The van der Waals surface area contributed by atoms with Gasteiger partial charge < -0.3 is 10.3 Å². The lowest BCUT2D eigenvalue weighted by Gasteiger charge is -2.39. The van der Waals surface area contributed by atoms with Crippen LogP contribution in [0.1, 0.15) is 37.8 Å². The van der Waals surface area contributed by atoms with E-state index < -0.39 is 0 Å². The second-order valence-electron chi connectivity index (χ2n) is 6.61. The zero-order valence-electron chi connectivity index (χ0n) is 14.3. The highest BCUT2D eigenvalue weighted by molar-refractivity contribution is 5.98. The second-order valence-corrected chi connectivity index (χ2v) is 6.61. The van der Waals surface area contributed by atoms with E-state index in [-0.39, 0.29) is 17.4 Å². The van der Waals surface area contributed by atoms with Crippen molar-refractivity contribution in [2.75, 3.05) is 7.05 Å². The highest BCUT2D eigenvalue weighted by Gasteiger charge is 2.36. The number of aromatic nitrogens is 1. The van der Waals surface area contributed by atoms with Gasteiger partial charge in [-0.1, -0.05) is 5.92 Å². The van der Waals surface area contributed by atoms with Crippen molar-refractivity contribution in [2.24, 2.45) is 0 Å². The average molecular weight is 322 g/mol. The van der Waals surface area contributed by atoms with Gasteiger partial charge in [0.1, 0.15) is 0 Å². The van der Waals surface area contributed by atoms with E-state index in [4.69, 9.17) is 5.41 Å². The standard InChI is InChI=1S/C19H22N4O/c1-4-5-13-6-7-16-15(10-13)14(12-21-16)8-9-19(2)11-17(24)23(3)18(20)22-19/h6-7,10,12,21H,8-9,11H2,1-3H3,(H2,20,22). The molecule has 5 heteroatoms. The molecule has 24 heavy (non-hydrogen) atoms. The summed E-state index contributed by atoms with van der Waals surface area (Å²) in [6.45, 7) is 3.84. The van der Waals surface area contributed by atoms with E-state index >= 15 is 0 Å². The highest BCUT2D eigenvalue weighted by atomic mass is 16.2. The minimum absolute atomic E-state index is 0.0133. The lowest BCUT2D eigenvalue weighted by Crippen LogP contribution is -2.60. The first-order valence-corrected chi connectivity index (χ1v) is 8.08. The van der Waals surface area contributed by atoms with Gasteiger partial charge >= 0.3 is 0 Å². The van der Waals surface area contributed by atoms with Gasteiger partial charge in [-0.15, -0.1) is 5.92 Å². The van der Waals surface area contributed by atoms with E-state index in [1.165, 1.54) is 15.8 Å². The summed E-state index contributed by atoms with van der Waals surface area (Å²) in [4.78, 5) is 16.7. The number of rotatable bonds is 3. The lowest BCUT2D eigenvalue weighted by atomic mass is 9.88. The molecule has 1 aromatic carbocycles. The number of aromatic amines is 1. The Hall–Kier alpha value is -2.74. The highest BCUT2D eigenvalue weighted by Crippen LogP contribution is 2.26. The molecule has 0 radical (unpaired) electrons. The molecule has 0 bridgehead atoms. The molecule has 1 fully saturated rings. The maximum atomic E-state index is 12.0. The van der Waals surface area contributed by atoms with Crippen molar-refractivity contribution in [3.05, 3.63) is 35.5 Å². The second kappa shape index (κ2) is 6.04. The topological polar surface area (TPSA) is 72.0 Å². The summed E-state index contributed by atoms with van der Waals surface area (Å²) in [6, 6.07) is 6.17. The third-order valence-electron chi connectivity index (χ3n) is 4.65. The molecule has 1 aromatic heterocycles. The SMILES string of the molecule is CC#Cc1ccc2[nH]cc(CCC3(C)CC(=O)N(C)C(=N)N3)c2c1. The van der Waals surface area contributed by atoms with Gasteiger partial charge in [-0.05, 0) is 50.5 Å². The quantitative estimate of drug-likeness (QED) is 0.760. The molecule has 5 nitrogen and oxygen atoms in total. The fourth-order valence-electron chi connectivity index (χ4n) is 3.16. The maximum absolute atomic E-state index is 12.0.